The Morgan fingerprint density at radius 3 is 2.42 bits per heavy atom. The lowest BCUT2D eigenvalue weighted by Crippen LogP contribution is -2.27. The summed E-state index contributed by atoms with van der Waals surface area (Å²) in [7, 11) is 0. The molecule has 31 heavy (non-hydrogen) atoms. The number of halogens is 1. The number of carbonyl (C=O) groups is 1. The first-order valence-corrected chi connectivity index (χ1v) is 10.1. The van der Waals surface area contributed by atoms with Crippen molar-refractivity contribution >= 4 is 24.1 Å². The molecule has 0 radical (unpaired) electrons. The van der Waals surface area contributed by atoms with Gasteiger partial charge in [-0.05, 0) is 58.1 Å². The molecule has 1 atom stereocenters. The summed E-state index contributed by atoms with van der Waals surface area (Å²) in [6, 6.07) is 22.6. The van der Waals surface area contributed by atoms with E-state index in [4.69, 9.17) is 41.7 Å². The summed E-state index contributed by atoms with van der Waals surface area (Å²) in [6.07, 6.45) is 0.905. The topological polar surface area (TPSA) is 94.1 Å². The molecule has 3 aromatic carbocycles. The average molecular weight is 437 g/mol. The van der Waals surface area contributed by atoms with Gasteiger partial charge in [0.25, 0.3) is 12.5 Å². The van der Waals surface area contributed by atoms with Gasteiger partial charge in [-0.15, -0.1) is 0 Å². The van der Waals surface area contributed by atoms with Crippen molar-refractivity contribution in [2.45, 2.75) is 12.0 Å². The molecule has 5 rings (SSSR count). The molecule has 3 N–H and O–H groups in total. The van der Waals surface area contributed by atoms with Gasteiger partial charge in [-0.3, -0.25) is 4.79 Å². The number of fused-ring (bicyclic) bond motifs is 1. The Bertz CT molecular complexity index is 1150. The molecule has 2 aliphatic heterocycles. The molecule has 6 nitrogen and oxygen atoms in total. The van der Waals surface area contributed by atoms with Crippen molar-refractivity contribution in [2.24, 2.45) is 10.7 Å². The third-order valence-corrected chi connectivity index (χ3v) is 5.63. The summed E-state index contributed by atoms with van der Waals surface area (Å²) in [5.74, 6) is 0.947. The Balaban J connectivity index is 0.000000730. The molecule has 0 saturated heterocycles. The number of nitrogens with zero attached hydrogens (tertiary/aromatic N) is 1. The molecule has 0 aromatic heterocycles. The molecule has 0 bridgehead atoms. The maximum atomic E-state index is 8.36. The summed E-state index contributed by atoms with van der Waals surface area (Å²) in [4.78, 5) is 13.1. The van der Waals surface area contributed by atoms with E-state index < -0.39 is 5.54 Å². The van der Waals surface area contributed by atoms with E-state index in [9.17, 15) is 0 Å². The van der Waals surface area contributed by atoms with E-state index in [0.29, 0.717) is 11.6 Å². The highest BCUT2D eigenvalue weighted by molar-refractivity contribution is 6.30. The first kappa shape index (κ1) is 20.8. The summed E-state index contributed by atoms with van der Waals surface area (Å²) in [5.41, 5.74) is 10.7. The molecule has 0 amide bonds. The van der Waals surface area contributed by atoms with Gasteiger partial charge in [0.15, 0.2) is 5.54 Å². The zero-order valence-electron chi connectivity index (χ0n) is 16.6. The van der Waals surface area contributed by atoms with Crippen LogP contribution in [0.2, 0.25) is 5.02 Å². The molecule has 0 aliphatic carbocycles. The molecule has 7 heteroatoms. The minimum absolute atomic E-state index is 0.213. The van der Waals surface area contributed by atoms with Gasteiger partial charge >= 0.3 is 0 Å². The SMILES string of the molecule is NC1=NC(c2cccc(-c3cccc(Cl)c3)c2)(c2ccc3c(c2)CCO3)CO1.O=CO. The van der Waals surface area contributed by atoms with Gasteiger partial charge < -0.3 is 20.3 Å². The van der Waals surface area contributed by atoms with E-state index in [1.54, 1.807) is 0 Å². The second-order valence-electron chi connectivity index (χ2n) is 7.22. The van der Waals surface area contributed by atoms with Crippen LogP contribution in [0, 0.1) is 0 Å². The number of rotatable bonds is 3. The van der Waals surface area contributed by atoms with Crippen LogP contribution in [0.25, 0.3) is 11.1 Å². The highest BCUT2D eigenvalue weighted by Gasteiger charge is 2.40. The summed E-state index contributed by atoms with van der Waals surface area (Å²) < 4.78 is 11.3. The number of carboxylic acid groups (broad SMARTS) is 1. The van der Waals surface area contributed by atoms with Crippen LogP contribution < -0.4 is 10.5 Å². The van der Waals surface area contributed by atoms with Crippen LogP contribution in [0.4, 0.5) is 0 Å². The number of nitrogens with two attached hydrogens (primary N) is 1. The lowest BCUT2D eigenvalue weighted by molar-refractivity contribution is -0.122. The third-order valence-electron chi connectivity index (χ3n) is 5.40. The summed E-state index contributed by atoms with van der Waals surface area (Å²) in [6.45, 7) is 0.843. The fraction of sp³-hybridized carbons (Fsp3) is 0.167. The van der Waals surface area contributed by atoms with Crippen molar-refractivity contribution < 1.29 is 19.4 Å². The first-order chi connectivity index (χ1) is 15.1. The van der Waals surface area contributed by atoms with E-state index in [1.807, 2.05) is 36.4 Å². The molecule has 2 heterocycles. The molecule has 0 fully saturated rings. The van der Waals surface area contributed by atoms with E-state index in [0.717, 1.165) is 41.0 Å². The minimum Gasteiger partial charge on any atom is -0.493 e. The van der Waals surface area contributed by atoms with Crippen molar-refractivity contribution in [2.75, 3.05) is 13.2 Å². The summed E-state index contributed by atoms with van der Waals surface area (Å²) >= 11 is 6.19. The smallest absolute Gasteiger partial charge is 0.290 e. The quantitative estimate of drug-likeness (QED) is 0.599. The number of ether oxygens (including phenoxy) is 2. The normalized spacial score (nSPS) is 18.7. The van der Waals surface area contributed by atoms with Crippen molar-refractivity contribution in [3.8, 4) is 16.9 Å². The van der Waals surface area contributed by atoms with Crippen molar-refractivity contribution in [3.05, 3.63) is 88.4 Å². The fourth-order valence-corrected chi connectivity index (χ4v) is 4.15. The highest BCUT2D eigenvalue weighted by Crippen LogP contribution is 2.41. The van der Waals surface area contributed by atoms with E-state index >= 15 is 0 Å². The van der Waals surface area contributed by atoms with Crippen LogP contribution in [-0.2, 0) is 21.5 Å². The second-order valence-corrected chi connectivity index (χ2v) is 7.65. The standard InChI is InChI=1S/C23H19ClN2O2.CH2O2/c24-20-6-2-4-16(13-20)15-3-1-5-18(11-15)23(14-28-22(25)26-23)19-7-8-21-17(12-19)9-10-27-21;2-1-3/h1-8,11-13H,9-10,14H2,(H2,25,26);1H,(H,2,3). The predicted molar refractivity (Wildman–Crippen MR) is 120 cm³/mol. The van der Waals surface area contributed by atoms with Crippen molar-refractivity contribution in [1.82, 2.24) is 0 Å². The lowest BCUT2D eigenvalue weighted by Gasteiger charge is -2.26. The highest BCUT2D eigenvalue weighted by atomic mass is 35.5. The first-order valence-electron chi connectivity index (χ1n) is 9.74. The number of hydrogen-bond acceptors (Lipinski definition) is 5. The predicted octanol–water partition coefficient (Wildman–Crippen LogP) is 4.23. The number of benzene rings is 3. The van der Waals surface area contributed by atoms with Gasteiger partial charge in [0.05, 0.1) is 6.61 Å². The molecule has 1 unspecified atom stereocenters. The Morgan fingerprint density at radius 1 is 1.00 bits per heavy atom. The second kappa shape index (κ2) is 8.70. The van der Waals surface area contributed by atoms with E-state index in [-0.39, 0.29) is 12.5 Å². The minimum atomic E-state index is -0.670. The molecule has 0 saturated carbocycles. The van der Waals surface area contributed by atoms with Gasteiger partial charge in [0, 0.05) is 11.4 Å². The van der Waals surface area contributed by atoms with Crippen LogP contribution >= 0.6 is 11.6 Å². The van der Waals surface area contributed by atoms with Crippen molar-refractivity contribution in [1.29, 1.82) is 0 Å². The third kappa shape index (κ3) is 4.07. The number of hydrogen-bond donors (Lipinski definition) is 2. The maximum Gasteiger partial charge on any atom is 0.290 e. The Labute approximate surface area is 184 Å². The van der Waals surface area contributed by atoms with Gasteiger partial charge in [-0.25, -0.2) is 4.99 Å². The zero-order chi connectivity index (χ0) is 21.8. The van der Waals surface area contributed by atoms with Crippen molar-refractivity contribution in [3.63, 3.8) is 0 Å². The Kier molecular flexibility index (Phi) is 5.82. The molecule has 3 aromatic rings. The Hall–Kier alpha value is -3.51. The van der Waals surface area contributed by atoms with Gasteiger partial charge in [0.2, 0.25) is 0 Å². The van der Waals surface area contributed by atoms with E-state index in [1.165, 1.54) is 5.56 Å². The average Bonchev–Trinajstić information content (AvgIpc) is 3.41. The molecule has 0 spiro atoms. The van der Waals surface area contributed by atoms with Crippen LogP contribution in [-0.4, -0.2) is 30.8 Å². The molecular formula is C24H21ClN2O4. The molecule has 158 valence electrons. The monoisotopic (exact) mass is 436 g/mol. The van der Waals surface area contributed by atoms with Gasteiger partial charge in [-0.2, -0.15) is 0 Å². The van der Waals surface area contributed by atoms with Gasteiger partial charge in [-0.1, -0.05) is 48.0 Å². The summed E-state index contributed by atoms with van der Waals surface area (Å²) in [5, 5.41) is 7.60. The fourth-order valence-electron chi connectivity index (χ4n) is 3.96. The van der Waals surface area contributed by atoms with Gasteiger partial charge in [0.1, 0.15) is 12.4 Å². The number of amidine groups is 1. The lowest BCUT2D eigenvalue weighted by atomic mass is 9.82. The largest absolute Gasteiger partial charge is 0.493 e. The van der Waals surface area contributed by atoms with Crippen LogP contribution in [0.5, 0.6) is 5.75 Å². The molecular weight excluding hydrogens is 416 g/mol. The van der Waals surface area contributed by atoms with Crippen LogP contribution in [0.3, 0.4) is 0 Å². The molecule has 2 aliphatic rings. The van der Waals surface area contributed by atoms with Crippen LogP contribution in [0.15, 0.2) is 71.7 Å². The zero-order valence-corrected chi connectivity index (χ0v) is 17.4. The van der Waals surface area contributed by atoms with Crippen LogP contribution in [0.1, 0.15) is 16.7 Å². The van der Waals surface area contributed by atoms with E-state index in [2.05, 4.69) is 30.3 Å². The Morgan fingerprint density at radius 2 is 1.71 bits per heavy atom. The number of aliphatic imine (C=N–C) groups is 1. The maximum absolute atomic E-state index is 8.36.